The fourth-order valence-corrected chi connectivity index (χ4v) is 3.98. The van der Waals surface area contributed by atoms with Gasteiger partial charge < -0.3 is 10.1 Å². The standard InChI is InChI=1S/C22H25ClN4O2S/c1-4-6-15(2)24-20(28)14-30-22-26-25-21(16-7-5-8-19(13-16)29-3)27(22)18-11-9-17(23)10-12-18/h5,7-13,15H,4,6,14H2,1-3H3,(H,24,28). The molecule has 0 saturated heterocycles. The highest BCUT2D eigenvalue weighted by atomic mass is 35.5. The van der Waals surface area contributed by atoms with E-state index in [9.17, 15) is 4.79 Å². The van der Waals surface area contributed by atoms with Gasteiger partial charge in [-0.15, -0.1) is 10.2 Å². The Bertz CT molecular complexity index is 991. The van der Waals surface area contributed by atoms with Crippen LogP contribution in [-0.4, -0.2) is 39.6 Å². The molecule has 0 aliphatic carbocycles. The van der Waals surface area contributed by atoms with E-state index < -0.39 is 0 Å². The molecule has 1 amide bonds. The van der Waals surface area contributed by atoms with Gasteiger partial charge in [0.25, 0.3) is 0 Å². The van der Waals surface area contributed by atoms with Gasteiger partial charge in [-0.3, -0.25) is 9.36 Å². The molecule has 3 rings (SSSR count). The summed E-state index contributed by atoms with van der Waals surface area (Å²) in [5.74, 6) is 1.64. The van der Waals surface area contributed by atoms with Crippen molar-refractivity contribution < 1.29 is 9.53 Å². The summed E-state index contributed by atoms with van der Waals surface area (Å²) in [7, 11) is 1.63. The molecule has 6 nitrogen and oxygen atoms in total. The van der Waals surface area contributed by atoms with Gasteiger partial charge in [0, 0.05) is 22.3 Å². The Hall–Kier alpha value is -2.51. The van der Waals surface area contributed by atoms with Crippen LogP contribution in [0.15, 0.2) is 53.7 Å². The molecule has 1 aromatic heterocycles. The van der Waals surface area contributed by atoms with Crippen LogP contribution in [0.25, 0.3) is 17.1 Å². The summed E-state index contributed by atoms with van der Waals surface area (Å²) in [4.78, 5) is 12.3. The van der Waals surface area contributed by atoms with Crippen molar-refractivity contribution in [3.63, 3.8) is 0 Å². The summed E-state index contributed by atoms with van der Waals surface area (Å²) in [5.41, 5.74) is 1.73. The van der Waals surface area contributed by atoms with Crippen molar-refractivity contribution in [3.05, 3.63) is 53.6 Å². The molecule has 3 aromatic rings. The lowest BCUT2D eigenvalue weighted by atomic mass is 10.2. The molecule has 1 N–H and O–H groups in total. The molecule has 0 bridgehead atoms. The Morgan fingerprint density at radius 2 is 2.00 bits per heavy atom. The lowest BCUT2D eigenvalue weighted by molar-refractivity contribution is -0.119. The highest BCUT2D eigenvalue weighted by Crippen LogP contribution is 2.30. The minimum atomic E-state index is -0.0189. The van der Waals surface area contributed by atoms with Crippen molar-refractivity contribution in [2.45, 2.75) is 37.9 Å². The third-order valence-corrected chi connectivity index (χ3v) is 5.69. The molecule has 1 atom stereocenters. The minimum Gasteiger partial charge on any atom is -0.497 e. The number of hydrogen-bond acceptors (Lipinski definition) is 5. The van der Waals surface area contributed by atoms with Gasteiger partial charge in [0.2, 0.25) is 5.91 Å². The molecule has 0 saturated carbocycles. The molecular formula is C22H25ClN4O2S. The van der Waals surface area contributed by atoms with E-state index in [1.807, 2.05) is 60.0 Å². The number of carbonyl (C=O) groups is 1. The smallest absolute Gasteiger partial charge is 0.230 e. The van der Waals surface area contributed by atoms with E-state index >= 15 is 0 Å². The Kier molecular flexibility index (Phi) is 7.76. The molecule has 1 unspecified atom stereocenters. The number of rotatable bonds is 9. The van der Waals surface area contributed by atoms with Gasteiger partial charge in [-0.2, -0.15) is 0 Å². The first-order valence-corrected chi connectivity index (χ1v) is 11.2. The Balaban J connectivity index is 1.90. The summed E-state index contributed by atoms with van der Waals surface area (Å²) in [6.07, 6.45) is 1.99. The molecular weight excluding hydrogens is 420 g/mol. The lowest BCUT2D eigenvalue weighted by Gasteiger charge is -2.13. The van der Waals surface area contributed by atoms with Crippen LogP contribution in [0.2, 0.25) is 5.02 Å². The number of ether oxygens (including phenoxy) is 1. The summed E-state index contributed by atoms with van der Waals surface area (Å²) < 4.78 is 7.28. The molecule has 0 aliphatic rings. The molecule has 1 heterocycles. The maximum atomic E-state index is 12.3. The average molecular weight is 445 g/mol. The van der Waals surface area contributed by atoms with Gasteiger partial charge in [-0.1, -0.05) is 48.8 Å². The second-order valence-electron chi connectivity index (χ2n) is 6.90. The summed E-state index contributed by atoms with van der Waals surface area (Å²) >= 11 is 7.42. The first-order chi connectivity index (χ1) is 14.5. The Morgan fingerprint density at radius 3 is 2.70 bits per heavy atom. The highest BCUT2D eigenvalue weighted by Gasteiger charge is 2.18. The van der Waals surface area contributed by atoms with Crippen molar-refractivity contribution in [2.24, 2.45) is 0 Å². The third-order valence-electron chi connectivity index (χ3n) is 4.51. The fraction of sp³-hybridized carbons (Fsp3) is 0.318. The molecule has 0 fully saturated rings. The number of amides is 1. The molecule has 8 heteroatoms. The summed E-state index contributed by atoms with van der Waals surface area (Å²) in [5, 5.41) is 13.1. The van der Waals surface area contributed by atoms with Crippen molar-refractivity contribution >= 4 is 29.3 Å². The second-order valence-corrected chi connectivity index (χ2v) is 8.27. The second kappa shape index (κ2) is 10.5. The van der Waals surface area contributed by atoms with Gasteiger partial charge >= 0.3 is 0 Å². The van der Waals surface area contributed by atoms with Gasteiger partial charge in [-0.25, -0.2) is 0 Å². The molecule has 30 heavy (non-hydrogen) atoms. The number of benzene rings is 2. The highest BCUT2D eigenvalue weighted by molar-refractivity contribution is 7.99. The fourth-order valence-electron chi connectivity index (χ4n) is 3.09. The predicted octanol–water partition coefficient (Wildman–Crippen LogP) is 4.99. The van der Waals surface area contributed by atoms with Crippen LogP contribution < -0.4 is 10.1 Å². The molecule has 0 radical (unpaired) electrons. The van der Waals surface area contributed by atoms with Crippen LogP contribution in [0.3, 0.4) is 0 Å². The van der Waals surface area contributed by atoms with Crippen molar-refractivity contribution in [2.75, 3.05) is 12.9 Å². The molecule has 0 aliphatic heterocycles. The molecule has 0 spiro atoms. The topological polar surface area (TPSA) is 69.0 Å². The summed E-state index contributed by atoms with van der Waals surface area (Å²) in [6, 6.07) is 15.3. The quantitative estimate of drug-likeness (QED) is 0.470. The molecule has 2 aromatic carbocycles. The molecule has 158 valence electrons. The van der Waals surface area contributed by atoms with Gasteiger partial charge in [-0.05, 0) is 49.7 Å². The first kappa shape index (κ1) is 22.2. The maximum absolute atomic E-state index is 12.3. The van der Waals surface area contributed by atoms with Crippen molar-refractivity contribution in [1.82, 2.24) is 20.1 Å². The van der Waals surface area contributed by atoms with E-state index in [0.717, 1.165) is 29.8 Å². The van der Waals surface area contributed by atoms with E-state index in [2.05, 4.69) is 22.4 Å². The zero-order valence-corrected chi connectivity index (χ0v) is 18.8. The number of carbonyl (C=O) groups excluding carboxylic acids is 1. The number of nitrogens with zero attached hydrogens (tertiary/aromatic N) is 3. The van der Waals surface area contributed by atoms with E-state index in [0.29, 0.717) is 16.0 Å². The Morgan fingerprint density at radius 1 is 1.23 bits per heavy atom. The number of halogens is 1. The number of methoxy groups -OCH3 is 1. The normalized spacial score (nSPS) is 11.9. The minimum absolute atomic E-state index is 0.0189. The van der Waals surface area contributed by atoms with Crippen LogP contribution >= 0.6 is 23.4 Å². The van der Waals surface area contributed by atoms with Crippen molar-refractivity contribution in [1.29, 1.82) is 0 Å². The Labute approximate surface area is 186 Å². The maximum Gasteiger partial charge on any atom is 0.230 e. The van der Waals surface area contributed by atoms with E-state index in [-0.39, 0.29) is 17.7 Å². The number of thioether (sulfide) groups is 1. The number of aromatic nitrogens is 3. The van der Waals surface area contributed by atoms with Crippen LogP contribution in [0.1, 0.15) is 26.7 Å². The SMILES string of the molecule is CCCC(C)NC(=O)CSc1nnc(-c2cccc(OC)c2)n1-c1ccc(Cl)cc1. The van der Waals surface area contributed by atoms with Crippen LogP contribution in [0.4, 0.5) is 0 Å². The van der Waals surface area contributed by atoms with E-state index in [1.165, 1.54) is 11.8 Å². The number of hydrogen-bond donors (Lipinski definition) is 1. The summed E-state index contributed by atoms with van der Waals surface area (Å²) in [6.45, 7) is 4.12. The largest absolute Gasteiger partial charge is 0.497 e. The number of nitrogens with one attached hydrogen (secondary N) is 1. The van der Waals surface area contributed by atoms with Crippen LogP contribution in [0.5, 0.6) is 5.75 Å². The van der Waals surface area contributed by atoms with Crippen molar-refractivity contribution in [3.8, 4) is 22.8 Å². The monoisotopic (exact) mass is 444 g/mol. The average Bonchev–Trinajstić information content (AvgIpc) is 3.17. The zero-order valence-electron chi connectivity index (χ0n) is 17.3. The van der Waals surface area contributed by atoms with Gasteiger partial charge in [0.1, 0.15) is 5.75 Å². The first-order valence-electron chi connectivity index (χ1n) is 9.79. The van der Waals surface area contributed by atoms with E-state index in [4.69, 9.17) is 16.3 Å². The van der Waals surface area contributed by atoms with Gasteiger partial charge in [0.15, 0.2) is 11.0 Å². The third kappa shape index (κ3) is 5.55. The van der Waals surface area contributed by atoms with Crippen LogP contribution in [-0.2, 0) is 4.79 Å². The zero-order chi connectivity index (χ0) is 21.5. The lowest BCUT2D eigenvalue weighted by Crippen LogP contribution is -2.33. The van der Waals surface area contributed by atoms with Gasteiger partial charge in [0.05, 0.1) is 12.9 Å². The van der Waals surface area contributed by atoms with E-state index in [1.54, 1.807) is 7.11 Å². The predicted molar refractivity (Wildman–Crippen MR) is 122 cm³/mol. The van der Waals surface area contributed by atoms with Crippen LogP contribution in [0, 0.1) is 0 Å².